The predicted molar refractivity (Wildman–Crippen MR) is 88.2 cm³/mol. The summed E-state index contributed by atoms with van der Waals surface area (Å²) in [7, 11) is 0. The molecular weight excluding hydrogens is 310 g/mol. The van der Waals surface area contributed by atoms with Crippen molar-refractivity contribution in [2.45, 2.75) is 33.1 Å². The Morgan fingerprint density at radius 1 is 0.958 bits per heavy atom. The zero-order chi connectivity index (χ0) is 17.6. The van der Waals surface area contributed by atoms with Crippen LogP contribution in [-0.4, -0.2) is 17.8 Å². The molecule has 1 heterocycles. The van der Waals surface area contributed by atoms with Gasteiger partial charge in [-0.15, -0.1) is 0 Å². The molecule has 6 nitrogen and oxygen atoms in total. The summed E-state index contributed by atoms with van der Waals surface area (Å²) in [6.45, 7) is 5.99. The molecule has 0 saturated heterocycles. The molecule has 3 rings (SSSR count). The Hall–Kier alpha value is -2.89. The van der Waals surface area contributed by atoms with Crippen LogP contribution in [0.2, 0.25) is 0 Å². The van der Waals surface area contributed by atoms with Crippen LogP contribution in [0.1, 0.15) is 33.3 Å². The molecule has 0 aromatic heterocycles. The topological polar surface area (TPSA) is 81.7 Å². The lowest BCUT2D eigenvalue weighted by atomic mass is 9.84. The normalized spacial score (nSPS) is 14.9. The van der Waals surface area contributed by atoms with Crippen molar-refractivity contribution in [1.82, 2.24) is 0 Å². The first-order valence-electron chi connectivity index (χ1n) is 7.51. The first kappa shape index (κ1) is 16.0. The molecule has 24 heavy (non-hydrogen) atoms. The number of fused-ring (bicyclic) bond motifs is 3. The van der Waals surface area contributed by atoms with Gasteiger partial charge in [0, 0.05) is 30.2 Å². The summed E-state index contributed by atoms with van der Waals surface area (Å²) < 4.78 is 10.7. The number of hydrogen-bond acceptors (Lipinski definition) is 5. The van der Waals surface area contributed by atoms with E-state index in [1.807, 2.05) is 12.1 Å². The van der Waals surface area contributed by atoms with E-state index in [-0.39, 0.29) is 17.4 Å². The first-order valence-corrected chi connectivity index (χ1v) is 7.51. The van der Waals surface area contributed by atoms with Crippen LogP contribution in [-0.2, 0) is 19.8 Å². The Morgan fingerprint density at radius 2 is 1.50 bits per heavy atom. The van der Waals surface area contributed by atoms with Gasteiger partial charge in [0.25, 0.3) is 0 Å². The van der Waals surface area contributed by atoms with E-state index < -0.39 is 17.4 Å². The van der Waals surface area contributed by atoms with E-state index >= 15 is 0 Å². The average Bonchev–Trinajstić information content (AvgIpc) is 2.72. The third-order valence-corrected chi connectivity index (χ3v) is 4.05. The van der Waals surface area contributed by atoms with Gasteiger partial charge in [0.15, 0.2) is 11.5 Å². The zero-order valence-corrected chi connectivity index (χ0v) is 13.9. The largest absolute Gasteiger partial charge is 0.422 e. The van der Waals surface area contributed by atoms with E-state index in [9.17, 15) is 14.4 Å². The number of benzene rings is 2. The molecule has 1 amide bonds. The molecular formula is C18H17NO5. The van der Waals surface area contributed by atoms with Gasteiger partial charge in [-0.2, -0.15) is 0 Å². The van der Waals surface area contributed by atoms with Crippen LogP contribution in [0.4, 0.5) is 5.69 Å². The monoisotopic (exact) mass is 327 g/mol. The zero-order valence-electron chi connectivity index (χ0n) is 13.9. The maximum Gasteiger partial charge on any atom is 0.308 e. The molecule has 2 aromatic rings. The van der Waals surface area contributed by atoms with Crippen LogP contribution in [0.3, 0.4) is 0 Å². The third kappa shape index (κ3) is 2.31. The molecule has 0 spiro atoms. The van der Waals surface area contributed by atoms with Crippen molar-refractivity contribution in [2.24, 2.45) is 0 Å². The maximum absolute atomic E-state index is 12.4. The lowest BCUT2D eigenvalue weighted by Crippen LogP contribution is -2.27. The fourth-order valence-electron chi connectivity index (χ4n) is 2.98. The summed E-state index contributed by atoms with van der Waals surface area (Å²) in [5.41, 5.74) is 0.157. The van der Waals surface area contributed by atoms with Gasteiger partial charge >= 0.3 is 11.9 Å². The van der Waals surface area contributed by atoms with E-state index in [2.05, 4.69) is 5.32 Å². The average molecular weight is 327 g/mol. The quantitative estimate of drug-likeness (QED) is 0.677. The third-order valence-electron chi connectivity index (χ3n) is 4.05. The van der Waals surface area contributed by atoms with Crippen LogP contribution in [0.5, 0.6) is 11.5 Å². The summed E-state index contributed by atoms with van der Waals surface area (Å²) in [6, 6.07) is 7.17. The summed E-state index contributed by atoms with van der Waals surface area (Å²) in [6.07, 6.45) is 0. The molecule has 0 atom stereocenters. The van der Waals surface area contributed by atoms with Gasteiger partial charge in [0.05, 0.1) is 11.1 Å². The summed E-state index contributed by atoms with van der Waals surface area (Å²) in [5, 5.41) is 4.16. The number of ether oxygens (including phenoxy) is 2. The molecule has 0 saturated carbocycles. The Balaban J connectivity index is 2.47. The second-order valence-electron chi connectivity index (χ2n) is 6.22. The number of esters is 2. The van der Waals surface area contributed by atoms with Crippen LogP contribution >= 0.6 is 0 Å². The minimum atomic E-state index is -0.932. The van der Waals surface area contributed by atoms with Crippen molar-refractivity contribution >= 4 is 34.3 Å². The van der Waals surface area contributed by atoms with Crippen molar-refractivity contribution < 1.29 is 23.9 Å². The van der Waals surface area contributed by atoms with Gasteiger partial charge in [-0.3, -0.25) is 14.4 Å². The van der Waals surface area contributed by atoms with Crippen LogP contribution in [0.15, 0.2) is 24.3 Å². The molecule has 1 aliphatic heterocycles. The van der Waals surface area contributed by atoms with E-state index in [0.717, 1.165) is 5.39 Å². The second kappa shape index (κ2) is 5.33. The van der Waals surface area contributed by atoms with Crippen molar-refractivity contribution in [3.8, 4) is 11.5 Å². The highest BCUT2D eigenvalue weighted by molar-refractivity contribution is 6.16. The van der Waals surface area contributed by atoms with Crippen LogP contribution in [0, 0.1) is 0 Å². The SMILES string of the molecule is CC(=O)Oc1c2c(c3ccccc3c1OC(C)=O)NC(=O)C2(C)C. The number of carbonyl (C=O) groups is 3. The molecule has 6 heteroatoms. The molecule has 0 unspecified atom stereocenters. The Labute approximate surface area is 138 Å². The van der Waals surface area contributed by atoms with Gasteiger partial charge in [-0.05, 0) is 13.8 Å². The van der Waals surface area contributed by atoms with Crippen molar-refractivity contribution in [2.75, 3.05) is 5.32 Å². The summed E-state index contributed by atoms with van der Waals surface area (Å²) in [5.74, 6) is -1.05. The van der Waals surface area contributed by atoms with Crippen molar-refractivity contribution in [3.63, 3.8) is 0 Å². The smallest absolute Gasteiger partial charge is 0.308 e. The molecule has 0 bridgehead atoms. The van der Waals surface area contributed by atoms with Crippen LogP contribution < -0.4 is 14.8 Å². The minimum absolute atomic E-state index is 0.106. The Morgan fingerprint density at radius 3 is 2.08 bits per heavy atom. The van der Waals surface area contributed by atoms with Gasteiger partial charge in [-0.1, -0.05) is 24.3 Å². The fraction of sp³-hybridized carbons (Fsp3) is 0.278. The molecule has 0 fully saturated rings. The number of amides is 1. The van der Waals surface area contributed by atoms with E-state index in [1.54, 1.807) is 26.0 Å². The molecule has 2 aromatic carbocycles. The lowest BCUT2D eigenvalue weighted by molar-refractivity contribution is -0.134. The van der Waals surface area contributed by atoms with Gasteiger partial charge in [-0.25, -0.2) is 0 Å². The van der Waals surface area contributed by atoms with E-state index in [4.69, 9.17) is 9.47 Å². The number of carbonyl (C=O) groups excluding carboxylic acids is 3. The number of nitrogens with one attached hydrogen (secondary N) is 1. The van der Waals surface area contributed by atoms with Gasteiger partial charge in [0.1, 0.15) is 0 Å². The molecule has 124 valence electrons. The molecule has 0 aliphatic carbocycles. The van der Waals surface area contributed by atoms with E-state index in [0.29, 0.717) is 16.6 Å². The summed E-state index contributed by atoms with van der Waals surface area (Å²) >= 11 is 0. The van der Waals surface area contributed by atoms with Crippen molar-refractivity contribution in [3.05, 3.63) is 29.8 Å². The maximum atomic E-state index is 12.4. The molecule has 1 N–H and O–H groups in total. The highest BCUT2D eigenvalue weighted by Crippen LogP contribution is 2.52. The highest BCUT2D eigenvalue weighted by Gasteiger charge is 2.44. The lowest BCUT2D eigenvalue weighted by Gasteiger charge is -2.21. The number of anilines is 1. The molecule has 1 aliphatic rings. The predicted octanol–water partition coefficient (Wildman–Crippen LogP) is 2.92. The van der Waals surface area contributed by atoms with E-state index in [1.165, 1.54) is 13.8 Å². The van der Waals surface area contributed by atoms with Gasteiger partial charge < -0.3 is 14.8 Å². The first-order chi connectivity index (χ1) is 11.2. The Bertz CT molecular complexity index is 898. The molecule has 0 radical (unpaired) electrons. The number of rotatable bonds is 2. The number of hydrogen-bond donors (Lipinski definition) is 1. The standard InChI is InChI=1S/C18H17NO5/c1-9(20)23-15-12-8-6-5-7-11(12)14-13(16(15)24-10(2)21)18(3,4)17(22)19-14/h5-8H,1-4H3,(H,19,22). The van der Waals surface area contributed by atoms with Gasteiger partial charge in [0.2, 0.25) is 5.91 Å². The summed E-state index contributed by atoms with van der Waals surface area (Å²) in [4.78, 5) is 35.6. The highest BCUT2D eigenvalue weighted by atomic mass is 16.6. The Kier molecular flexibility index (Phi) is 3.55. The minimum Gasteiger partial charge on any atom is -0.422 e. The van der Waals surface area contributed by atoms with Crippen LogP contribution in [0.25, 0.3) is 10.8 Å². The second-order valence-corrected chi connectivity index (χ2v) is 6.22. The fourth-order valence-corrected chi connectivity index (χ4v) is 2.98. The van der Waals surface area contributed by atoms with Crippen molar-refractivity contribution in [1.29, 1.82) is 0 Å².